The van der Waals surface area contributed by atoms with Crippen molar-refractivity contribution in [1.82, 2.24) is 10.2 Å². The minimum absolute atomic E-state index is 0.0161. The van der Waals surface area contributed by atoms with Crippen LogP contribution in [0.5, 0.6) is 0 Å². The van der Waals surface area contributed by atoms with Gasteiger partial charge in [-0.1, -0.05) is 35.9 Å². The van der Waals surface area contributed by atoms with E-state index in [4.69, 9.17) is 11.6 Å². The van der Waals surface area contributed by atoms with E-state index >= 15 is 0 Å². The summed E-state index contributed by atoms with van der Waals surface area (Å²) in [4.78, 5) is 41.5. The number of piperazine rings is 1. The Hall–Kier alpha value is -3.06. The Morgan fingerprint density at radius 3 is 2.47 bits per heavy atom. The molecule has 4 rings (SSSR count). The summed E-state index contributed by atoms with van der Waals surface area (Å²) in [5, 5.41) is 6.20. The van der Waals surface area contributed by atoms with Crippen molar-refractivity contribution in [3.05, 3.63) is 59.1 Å². The van der Waals surface area contributed by atoms with Crippen molar-refractivity contribution >= 4 is 40.7 Å². The highest BCUT2D eigenvalue weighted by atomic mass is 35.5. The monoisotopic (exact) mass is 426 g/mol. The maximum atomic E-state index is 12.7. The van der Waals surface area contributed by atoms with E-state index in [1.54, 1.807) is 29.2 Å². The first-order chi connectivity index (χ1) is 14.5. The molecule has 8 heteroatoms. The van der Waals surface area contributed by atoms with Crippen molar-refractivity contribution in [2.75, 3.05) is 36.4 Å². The second kappa shape index (κ2) is 8.75. The Morgan fingerprint density at radius 2 is 1.70 bits per heavy atom. The Balaban J connectivity index is 1.31. The van der Waals surface area contributed by atoms with Crippen LogP contribution in [0.25, 0.3) is 0 Å². The lowest BCUT2D eigenvalue weighted by Gasteiger charge is -2.36. The fourth-order valence-corrected chi connectivity index (χ4v) is 4.10. The van der Waals surface area contributed by atoms with Crippen LogP contribution >= 0.6 is 11.6 Å². The van der Waals surface area contributed by atoms with Gasteiger partial charge in [-0.15, -0.1) is 0 Å². The van der Waals surface area contributed by atoms with Gasteiger partial charge in [0.25, 0.3) is 5.91 Å². The van der Waals surface area contributed by atoms with E-state index in [1.165, 1.54) is 0 Å². The number of halogens is 1. The standard InChI is InChI=1S/C22H23ClN4O3/c23-16-6-2-4-8-19(16)26-11-13-27(14-12-26)20(28)10-9-18-22(30)24-17-7-3-1-5-15(17)21(29)25-18/h1-8,18H,9-14H2,(H,24,30)(H,25,29)/t18-/m0/s1. The highest BCUT2D eigenvalue weighted by Crippen LogP contribution is 2.26. The van der Waals surface area contributed by atoms with Crippen LogP contribution in [0.3, 0.4) is 0 Å². The quantitative estimate of drug-likeness (QED) is 0.787. The van der Waals surface area contributed by atoms with Crippen molar-refractivity contribution in [3.8, 4) is 0 Å². The van der Waals surface area contributed by atoms with E-state index in [-0.39, 0.29) is 30.6 Å². The summed E-state index contributed by atoms with van der Waals surface area (Å²) in [5.41, 5.74) is 1.89. The fraction of sp³-hybridized carbons (Fsp3) is 0.318. The number of rotatable bonds is 4. The lowest BCUT2D eigenvalue weighted by molar-refractivity contribution is -0.131. The molecule has 30 heavy (non-hydrogen) atoms. The smallest absolute Gasteiger partial charge is 0.254 e. The number of para-hydroxylation sites is 2. The van der Waals surface area contributed by atoms with Gasteiger partial charge in [0.05, 0.1) is 22.0 Å². The predicted molar refractivity (Wildman–Crippen MR) is 116 cm³/mol. The molecular formula is C22H23ClN4O3. The summed E-state index contributed by atoms with van der Waals surface area (Å²) >= 11 is 6.27. The van der Waals surface area contributed by atoms with Crippen molar-refractivity contribution in [2.45, 2.75) is 18.9 Å². The maximum Gasteiger partial charge on any atom is 0.254 e. The molecule has 1 saturated heterocycles. The van der Waals surface area contributed by atoms with Gasteiger partial charge in [-0.25, -0.2) is 0 Å². The molecule has 0 aromatic heterocycles. The maximum absolute atomic E-state index is 12.7. The molecule has 0 spiro atoms. The summed E-state index contributed by atoms with van der Waals surface area (Å²) in [6.45, 7) is 2.59. The van der Waals surface area contributed by atoms with Gasteiger partial charge in [0, 0.05) is 32.6 Å². The van der Waals surface area contributed by atoms with Gasteiger partial charge in [-0.2, -0.15) is 0 Å². The number of carbonyl (C=O) groups excluding carboxylic acids is 3. The highest BCUT2D eigenvalue weighted by molar-refractivity contribution is 6.33. The Labute approximate surface area is 180 Å². The molecule has 1 atom stereocenters. The van der Waals surface area contributed by atoms with Crippen LogP contribution in [0.1, 0.15) is 23.2 Å². The molecule has 1 fully saturated rings. The zero-order valence-electron chi connectivity index (χ0n) is 16.4. The van der Waals surface area contributed by atoms with E-state index in [2.05, 4.69) is 15.5 Å². The van der Waals surface area contributed by atoms with Gasteiger partial charge in [0.2, 0.25) is 11.8 Å². The lowest BCUT2D eigenvalue weighted by Crippen LogP contribution is -2.49. The minimum Gasteiger partial charge on any atom is -0.367 e. The number of hydrogen-bond donors (Lipinski definition) is 2. The highest BCUT2D eigenvalue weighted by Gasteiger charge is 2.29. The van der Waals surface area contributed by atoms with E-state index in [9.17, 15) is 14.4 Å². The van der Waals surface area contributed by atoms with Gasteiger partial charge in [-0.05, 0) is 30.7 Å². The number of anilines is 2. The van der Waals surface area contributed by atoms with E-state index < -0.39 is 6.04 Å². The summed E-state index contributed by atoms with van der Waals surface area (Å²) in [6.07, 6.45) is 0.454. The molecule has 0 radical (unpaired) electrons. The molecule has 7 nitrogen and oxygen atoms in total. The van der Waals surface area contributed by atoms with Crippen LogP contribution in [-0.2, 0) is 9.59 Å². The number of benzene rings is 2. The molecule has 3 amide bonds. The Kier molecular flexibility index (Phi) is 5.90. The van der Waals surface area contributed by atoms with Crippen LogP contribution in [-0.4, -0.2) is 54.8 Å². The molecule has 2 aromatic carbocycles. The SMILES string of the molecule is O=C1N[C@@H](CCC(=O)N2CCN(c3ccccc3Cl)CC2)C(=O)Nc2ccccc21. The van der Waals surface area contributed by atoms with E-state index in [1.807, 2.05) is 24.3 Å². The fourth-order valence-electron chi connectivity index (χ4n) is 3.85. The largest absolute Gasteiger partial charge is 0.367 e. The summed E-state index contributed by atoms with van der Waals surface area (Å²) in [7, 11) is 0. The third kappa shape index (κ3) is 4.26. The van der Waals surface area contributed by atoms with Crippen molar-refractivity contribution in [2.24, 2.45) is 0 Å². The summed E-state index contributed by atoms with van der Waals surface area (Å²) < 4.78 is 0. The van der Waals surface area contributed by atoms with Crippen molar-refractivity contribution < 1.29 is 14.4 Å². The second-order valence-corrected chi connectivity index (χ2v) is 7.83. The summed E-state index contributed by atoms with van der Waals surface area (Å²) in [5.74, 6) is -0.628. The molecule has 0 aliphatic carbocycles. The van der Waals surface area contributed by atoms with Crippen LogP contribution in [0.2, 0.25) is 5.02 Å². The first-order valence-electron chi connectivity index (χ1n) is 10.0. The number of fused-ring (bicyclic) bond motifs is 1. The Bertz CT molecular complexity index is 972. The second-order valence-electron chi connectivity index (χ2n) is 7.42. The molecular weight excluding hydrogens is 404 g/mol. The van der Waals surface area contributed by atoms with Crippen molar-refractivity contribution in [1.29, 1.82) is 0 Å². The topological polar surface area (TPSA) is 81.8 Å². The third-order valence-corrected chi connectivity index (χ3v) is 5.84. The predicted octanol–water partition coefficient (Wildman–Crippen LogP) is 2.52. The first-order valence-corrected chi connectivity index (χ1v) is 10.4. The van der Waals surface area contributed by atoms with Gasteiger partial charge in [0.15, 0.2) is 0 Å². The molecule has 0 bridgehead atoms. The molecule has 156 valence electrons. The number of nitrogens with one attached hydrogen (secondary N) is 2. The number of nitrogens with zero attached hydrogens (tertiary/aromatic N) is 2. The molecule has 2 aliphatic rings. The molecule has 2 aliphatic heterocycles. The summed E-state index contributed by atoms with van der Waals surface area (Å²) in [6, 6.07) is 13.8. The van der Waals surface area contributed by atoms with Crippen LogP contribution in [0.15, 0.2) is 48.5 Å². The van der Waals surface area contributed by atoms with Gasteiger partial charge in [0.1, 0.15) is 6.04 Å². The first kappa shape index (κ1) is 20.2. The molecule has 2 N–H and O–H groups in total. The van der Waals surface area contributed by atoms with Gasteiger partial charge in [-0.3, -0.25) is 14.4 Å². The zero-order chi connectivity index (χ0) is 21.1. The molecule has 0 saturated carbocycles. The van der Waals surface area contributed by atoms with E-state index in [0.717, 1.165) is 5.69 Å². The van der Waals surface area contributed by atoms with Crippen LogP contribution in [0.4, 0.5) is 11.4 Å². The number of hydrogen-bond acceptors (Lipinski definition) is 4. The average molecular weight is 427 g/mol. The molecule has 2 heterocycles. The minimum atomic E-state index is -0.738. The third-order valence-electron chi connectivity index (χ3n) is 5.52. The average Bonchev–Trinajstić information content (AvgIpc) is 2.88. The number of amides is 3. The molecule has 2 aromatic rings. The Morgan fingerprint density at radius 1 is 1.00 bits per heavy atom. The molecule has 0 unspecified atom stereocenters. The number of carbonyl (C=O) groups is 3. The lowest BCUT2D eigenvalue weighted by atomic mass is 10.1. The van der Waals surface area contributed by atoms with Gasteiger partial charge >= 0.3 is 0 Å². The van der Waals surface area contributed by atoms with Crippen LogP contribution < -0.4 is 15.5 Å². The van der Waals surface area contributed by atoms with Crippen molar-refractivity contribution in [3.63, 3.8) is 0 Å². The van der Waals surface area contributed by atoms with Crippen LogP contribution in [0, 0.1) is 0 Å². The van der Waals surface area contributed by atoms with E-state index in [0.29, 0.717) is 42.5 Å². The normalized spacial score (nSPS) is 18.9. The zero-order valence-corrected chi connectivity index (χ0v) is 17.2. The van der Waals surface area contributed by atoms with Gasteiger partial charge < -0.3 is 20.4 Å².